The zero-order valence-corrected chi connectivity index (χ0v) is 11.5. The molecule has 3 rings (SSSR count). The molecule has 1 aromatic rings. The molecular formula is C16H12N2O4. The molecule has 110 valence electrons. The number of fused-ring (bicyclic) bond motifs is 1. The number of carboxylic acid groups (broad SMARTS) is 1. The molecule has 6 nitrogen and oxygen atoms in total. The Kier molecular flexibility index (Phi) is 3.42. The second kappa shape index (κ2) is 5.40. The Hall–Kier alpha value is -3.02. The molecule has 0 bridgehead atoms. The lowest BCUT2D eigenvalue weighted by Crippen LogP contribution is -2.45. The molecule has 0 fully saturated rings. The van der Waals surface area contributed by atoms with Crippen molar-refractivity contribution in [1.29, 1.82) is 0 Å². The third kappa shape index (κ3) is 2.46. The van der Waals surface area contributed by atoms with E-state index in [4.69, 9.17) is 5.11 Å². The number of hydrogen-bond donors (Lipinski definition) is 1. The second-order valence-electron chi connectivity index (χ2n) is 4.97. The summed E-state index contributed by atoms with van der Waals surface area (Å²) in [6, 6.07) is 5.45. The standard InChI is InChI=1S/C16H12N2O4/c19-14-12-3-1-2-4-13(12)17-16(22)18(14)9-10-5-7-11(8-6-10)15(20)21/h1-8,12H,9H2,(H,20,21). The Bertz CT molecular complexity index is 744. The van der Waals surface area contributed by atoms with Gasteiger partial charge in [-0.2, -0.15) is 4.99 Å². The lowest BCUT2D eigenvalue weighted by atomic mass is 9.95. The van der Waals surface area contributed by atoms with Crippen LogP contribution >= 0.6 is 0 Å². The first kappa shape index (κ1) is 13.9. The van der Waals surface area contributed by atoms with Gasteiger partial charge in [-0.3, -0.25) is 9.69 Å². The first-order valence-electron chi connectivity index (χ1n) is 6.67. The number of nitrogens with zero attached hydrogens (tertiary/aromatic N) is 2. The van der Waals surface area contributed by atoms with Crippen LogP contribution in [0.4, 0.5) is 4.79 Å². The molecule has 2 aliphatic rings. The van der Waals surface area contributed by atoms with Crippen molar-refractivity contribution in [3.8, 4) is 0 Å². The van der Waals surface area contributed by atoms with Crippen LogP contribution in [0.5, 0.6) is 0 Å². The van der Waals surface area contributed by atoms with Crippen LogP contribution in [0.15, 0.2) is 53.6 Å². The van der Waals surface area contributed by atoms with Crippen LogP contribution in [0.2, 0.25) is 0 Å². The van der Waals surface area contributed by atoms with Crippen LogP contribution in [0.1, 0.15) is 15.9 Å². The van der Waals surface area contributed by atoms with Crippen molar-refractivity contribution in [1.82, 2.24) is 4.90 Å². The molecular weight excluding hydrogens is 284 g/mol. The molecule has 0 spiro atoms. The monoisotopic (exact) mass is 296 g/mol. The summed E-state index contributed by atoms with van der Waals surface area (Å²) in [5, 5.41) is 8.86. The Balaban J connectivity index is 1.83. The van der Waals surface area contributed by atoms with Gasteiger partial charge in [0.2, 0.25) is 5.91 Å². The zero-order valence-electron chi connectivity index (χ0n) is 11.5. The summed E-state index contributed by atoms with van der Waals surface area (Å²) in [5.41, 5.74) is 1.27. The van der Waals surface area contributed by atoms with Gasteiger partial charge in [-0.15, -0.1) is 0 Å². The van der Waals surface area contributed by atoms with E-state index in [1.165, 1.54) is 12.1 Å². The first-order valence-corrected chi connectivity index (χ1v) is 6.67. The number of amides is 3. The van der Waals surface area contributed by atoms with Crippen molar-refractivity contribution in [2.45, 2.75) is 6.54 Å². The molecule has 1 heterocycles. The summed E-state index contributed by atoms with van der Waals surface area (Å²) >= 11 is 0. The van der Waals surface area contributed by atoms with Gasteiger partial charge >= 0.3 is 12.0 Å². The molecule has 22 heavy (non-hydrogen) atoms. The maximum absolute atomic E-state index is 12.4. The number of benzene rings is 1. The highest BCUT2D eigenvalue weighted by Gasteiger charge is 2.35. The van der Waals surface area contributed by atoms with Crippen LogP contribution in [-0.2, 0) is 11.3 Å². The van der Waals surface area contributed by atoms with Crippen molar-refractivity contribution >= 4 is 23.6 Å². The molecule has 0 aromatic heterocycles. The number of aliphatic imine (C=N–C) groups is 1. The average molecular weight is 296 g/mol. The van der Waals surface area contributed by atoms with Gasteiger partial charge in [-0.1, -0.05) is 30.4 Å². The number of hydrogen-bond acceptors (Lipinski definition) is 3. The molecule has 1 aliphatic heterocycles. The van der Waals surface area contributed by atoms with Gasteiger partial charge in [0.1, 0.15) is 0 Å². The minimum atomic E-state index is -1.02. The Morgan fingerprint density at radius 2 is 1.91 bits per heavy atom. The van der Waals surface area contributed by atoms with Crippen molar-refractivity contribution in [3.63, 3.8) is 0 Å². The Morgan fingerprint density at radius 1 is 1.18 bits per heavy atom. The van der Waals surface area contributed by atoms with E-state index in [2.05, 4.69) is 4.99 Å². The molecule has 1 atom stereocenters. The lowest BCUT2D eigenvalue weighted by molar-refractivity contribution is -0.129. The van der Waals surface area contributed by atoms with Crippen molar-refractivity contribution in [2.75, 3.05) is 0 Å². The number of urea groups is 1. The molecule has 1 aliphatic carbocycles. The van der Waals surface area contributed by atoms with Gasteiger partial charge in [0.25, 0.3) is 0 Å². The lowest BCUT2D eigenvalue weighted by Gasteiger charge is -2.28. The number of aromatic carboxylic acids is 1. The minimum absolute atomic E-state index is 0.0718. The van der Waals surface area contributed by atoms with E-state index < -0.39 is 17.9 Å². The molecule has 0 saturated carbocycles. The van der Waals surface area contributed by atoms with Crippen LogP contribution < -0.4 is 0 Å². The normalized spacial score (nSPS) is 19.9. The van der Waals surface area contributed by atoms with Gasteiger partial charge < -0.3 is 5.11 Å². The smallest absolute Gasteiger partial charge is 0.350 e. The summed E-state index contributed by atoms with van der Waals surface area (Å²) in [4.78, 5) is 40.2. The first-order chi connectivity index (χ1) is 10.6. The van der Waals surface area contributed by atoms with E-state index >= 15 is 0 Å². The third-order valence-corrected chi connectivity index (χ3v) is 3.53. The van der Waals surface area contributed by atoms with Gasteiger partial charge in [-0.25, -0.2) is 9.59 Å². The number of allylic oxidation sites excluding steroid dienone is 3. The van der Waals surface area contributed by atoms with Crippen LogP contribution in [-0.4, -0.2) is 33.6 Å². The Morgan fingerprint density at radius 3 is 2.59 bits per heavy atom. The van der Waals surface area contributed by atoms with Crippen molar-refractivity contribution < 1.29 is 19.5 Å². The molecule has 0 radical (unpaired) electrons. The van der Waals surface area contributed by atoms with Crippen LogP contribution in [0, 0.1) is 5.92 Å². The van der Waals surface area contributed by atoms with Crippen molar-refractivity contribution in [2.24, 2.45) is 10.9 Å². The van der Waals surface area contributed by atoms with E-state index in [0.29, 0.717) is 11.3 Å². The number of carbonyl (C=O) groups excluding carboxylic acids is 2. The van der Waals surface area contributed by atoms with Gasteiger partial charge in [0.05, 0.1) is 23.7 Å². The quantitative estimate of drug-likeness (QED) is 0.924. The number of carboxylic acids is 1. The van der Waals surface area contributed by atoms with Crippen LogP contribution in [0.3, 0.4) is 0 Å². The topological polar surface area (TPSA) is 87.0 Å². The van der Waals surface area contributed by atoms with Crippen molar-refractivity contribution in [3.05, 3.63) is 59.7 Å². The van der Waals surface area contributed by atoms with E-state index in [1.54, 1.807) is 36.4 Å². The summed E-state index contributed by atoms with van der Waals surface area (Å²) in [6.07, 6.45) is 6.83. The highest BCUT2D eigenvalue weighted by Crippen LogP contribution is 2.21. The highest BCUT2D eigenvalue weighted by atomic mass is 16.4. The number of imide groups is 1. The van der Waals surface area contributed by atoms with E-state index in [1.807, 2.05) is 0 Å². The summed E-state index contributed by atoms with van der Waals surface area (Å²) in [5.74, 6) is -1.87. The summed E-state index contributed by atoms with van der Waals surface area (Å²) in [7, 11) is 0. The summed E-state index contributed by atoms with van der Waals surface area (Å²) in [6.45, 7) is 0.0718. The second-order valence-corrected chi connectivity index (χ2v) is 4.97. The van der Waals surface area contributed by atoms with Gasteiger partial charge in [0, 0.05) is 0 Å². The fourth-order valence-electron chi connectivity index (χ4n) is 2.36. The predicted molar refractivity (Wildman–Crippen MR) is 78.6 cm³/mol. The molecule has 1 N–H and O–H groups in total. The minimum Gasteiger partial charge on any atom is -0.478 e. The predicted octanol–water partition coefficient (Wildman–Crippen LogP) is 2.03. The maximum atomic E-state index is 12.4. The van der Waals surface area contributed by atoms with Gasteiger partial charge in [-0.05, 0) is 23.8 Å². The van der Waals surface area contributed by atoms with E-state index in [0.717, 1.165) is 4.90 Å². The molecule has 6 heteroatoms. The largest absolute Gasteiger partial charge is 0.478 e. The zero-order chi connectivity index (χ0) is 15.7. The molecule has 3 amide bonds. The highest BCUT2D eigenvalue weighted by molar-refractivity contribution is 6.21. The average Bonchev–Trinajstić information content (AvgIpc) is 2.52. The fourth-order valence-corrected chi connectivity index (χ4v) is 2.36. The number of carbonyl (C=O) groups is 3. The molecule has 1 unspecified atom stereocenters. The maximum Gasteiger partial charge on any atom is 0.350 e. The molecule has 1 aromatic carbocycles. The van der Waals surface area contributed by atoms with E-state index in [-0.39, 0.29) is 18.0 Å². The Labute approximate surface area is 126 Å². The van der Waals surface area contributed by atoms with E-state index in [9.17, 15) is 14.4 Å². The summed E-state index contributed by atoms with van der Waals surface area (Å²) < 4.78 is 0. The number of rotatable bonds is 3. The van der Waals surface area contributed by atoms with Crippen LogP contribution in [0.25, 0.3) is 0 Å². The third-order valence-electron chi connectivity index (χ3n) is 3.53. The van der Waals surface area contributed by atoms with Gasteiger partial charge in [0.15, 0.2) is 0 Å². The SMILES string of the molecule is O=C(O)c1ccc(CN2C(=O)N=C3C=CC=CC3C2=O)cc1. The fraction of sp³-hybridized carbons (Fsp3) is 0.125. The molecule has 0 saturated heterocycles.